The van der Waals surface area contributed by atoms with Crippen LogP contribution in [0.25, 0.3) is 0 Å². The van der Waals surface area contributed by atoms with Crippen LogP contribution in [-0.4, -0.2) is 40.7 Å². The van der Waals surface area contributed by atoms with Gasteiger partial charge in [-0.1, -0.05) is 18.2 Å². The lowest BCUT2D eigenvalue weighted by molar-refractivity contribution is -0.140. The smallest absolute Gasteiger partial charge is 0.331 e. The van der Waals surface area contributed by atoms with Gasteiger partial charge in [0.25, 0.3) is 0 Å². The molecule has 1 aliphatic rings. The Kier molecular flexibility index (Phi) is 7.47. The van der Waals surface area contributed by atoms with Crippen molar-refractivity contribution in [2.24, 2.45) is 0 Å². The molecule has 0 saturated carbocycles. The molecule has 37 heavy (non-hydrogen) atoms. The molecule has 3 aromatic carbocycles. The minimum Gasteiger partial charge on any atom is -0.496 e. The van der Waals surface area contributed by atoms with Crippen molar-refractivity contribution < 1.29 is 33.0 Å². The lowest BCUT2D eigenvalue weighted by Crippen LogP contribution is -2.30. The molecule has 4 rings (SSSR count). The SMILES string of the molecule is COc1ccc(CN2C(=O)NC(=O)C2=O)cc1CN(Cc1ccc(Oc2ccc(F)cc2)cc1)C(C)=O. The van der Waals surface area contributed by atoms with E-state index in [-0.39, 0.29) is 24.8 Å². The fourth-order valence-electron chi connectivity index (χ4n) is 3.82. The zero-order chi connectivity index (χ0) is 26.5. The molecule has 5 amide bonds. The van der Waals surface area contributed by atoms with Crippen LogP contribution in [0.3, 0.4) is 0 Å². The molecule has 1 heterocycles. The Morgan fingerprint density at radius 2 is 1.54 bits per heavy atom. The molecule has 1 saturated heterocycles. The number of carbonyl (C=O) groups is 4. The number of urea groups is 1. The number of nitrogens with one attached hydrogen (secondary N) is 1. The molecular weight excluding hydrogens is 481 g/mol. The Morgan fingerprint density at radius 1 is 0.919 bits per heavy atom. The van der Waals surface area contributed by atoms with Crippen molar-refractivity contribution in [1.29, 1.82) is 0 Å². The third kappa shape index (κ3) is 6.10. The van der Waals surface area contributed by atoms with Crippen LogP contribution >= 0.6 is 0 Å². The number of hydrogen-bond acceptors (Lipinski definition) is 6. The van der Waals surface area contributed by atoms with E-state index in [9.17, 15) is 23.6 Å². The van der Waals surface area contributed by atoms with Gasteiger partial charge in [0.05, 0.1) is 13.7 Å². The molecule has 0 bridgehead atoms. The largest absolute Gasteiger partial charge is 0.496 e. The number of carbonyl (C=O) groups excluding carboxylic acids is 4. The summed E-state index contributed by atoms with van der Waals surface area (Å²) in [6.07, 6.45) is 0. The van der Waals surface area contributed by atoms with E-state index in [1.54, 1.807) is 35.2 Å². The average Bonchev–Trinajstić information content (AvgIpc) is 3.12. The molecule has 9 nitrogen and oxygen atoms in total. The van der Waals surface area contributed by atoms with E-state index in [0.29, 0.717) is 34.9 Å². The summed E-state index contributed by atoms with van der Waals surface area (Å²) < 4.78 is 24.3. The Hall–Kier alpha value is -4.73. The summed E-state index contributed by atoms with van der Waals surface area (Å²) in [6.45, 7) is 1.88. The van der Waals surface area contributed by atoms with Crippen LogP contribution in [0, 0.1) is 5.82 Å². The van der Waals surface area contributed by atoms with Crippen molar-refractivity contribution in [2.75, 3.05) is 7.11 Å². The molecule has 0 radical (unpaired) electrons. The molecule has 1 fully saturated rings. The lowest BCUT2D eigenvalue weighted by Gasteiger charge is -2.23. The molecule has 0 spiro atoms. The van der Waals surface area contributed by atoms with Crippen LogP contribution in [0.5, 0.6) is 17.2 Å². The lowest BCUT2D eigenvalue weighted by atomic mass is 10.1. The van der Waals surface area contributed by atoms with Gasteiger partial charge in [-0.25, -0.2) is 9.18 Å². The summed E-state index contributed by atoms with van der Waals surface area (Å²) in [5.41, 5.74) is 2.12. The first-order valence-corrected chi connectivity index (χ1v) is 11.3. The van der Waals surface area contributed by atoms with Crippen molar-refractivity contribution >= 4 is 23.8 Å². The first-order valence-electron chi connectivity index (χ1n) is 11.3. The molecule has 0 aliphatic carbocycles. The molecule has 190 valence electrons. The number of ether oxygens (including phenoxy) is 2. The maximum Gasteiger partial charge on any atom is 0.331 e. The first kappa shape index (κ1) is 25.4. The van der Waals surface area contributed by atoms with Crippen molar-refractivity contribution in [3.05, 3.63) is 89.2 Å². The van der Waals surface area contributed by atoms with Crippen LogP contribution in [0.4, 0.5) is 9.18 Å². The highest BCUT2D eigenvalue weighted by molar-refractivity contribution is 6.44. The number of imide groups is 2. The van der Waals surface area contributed by atoms with Gasteiger partial charge in [0.15, 0.2) is 0 Å². The van der Waals surface area contributed by atoms with Crippen LogP contribution in [0.2, 0.25) is 0 Å². The Bertz CT molecular complexity index is 1340. The van der Waals surface area contributed by atoms with E-state index in [1.165, 1.54) is 38.3 Å². The number of halogens is 1. The Balaban J connectivity index is 1.47. The minimum atomic E-state index is -0.962. The number of amides is 5. The predicted molar refractivity (Wildman–Crippen MR) is 130 cm³/mol. The number of hydrogen-bond donors (Lipinski definition) is 1. The zero-order valence-corrected chi connectivity index (χ0v) is 20.2. The van der Waals surface area contributed by atoms with Gasteiger partial charge in [0.1, 0.15) is 23.1 Å². The standard InChI is InChI=1S/C27H24FN3O6/c1-17(32)30(14-18-3-8-22(9-4-18)37-23-10-6-21(28)7-11-23)16-20-13-19(5-12-24(20)36-2)15-31-26(34)25(33)29-27(31)35/h3-13H,14-16H2,1-2H3,(H,29,33,35). The number of methoxy groups -OCH3 is 1. The fraction of sp³-hybridized carbons (Fsp3) is 0.185. The van der Waals surface area contributed by atoms with Gasteiger partial charge >= 0.3 is 17.8 Å². The third-order valence-electron chi connectivity index (χ3n) is 5.74. The van der Waals surface area contributed by atoms with Crippen molar-refractivity contribution in [3.63, 3.8) is 0 Å². The summed E-state index contributed by atoms with van der Waals surface area (Å²) >= 11 is 0. The van der Waals surface area contributed by atoms with E-state index in [0.717, 1.165) is 10.5 Å². The third-order valence-corrected chi connectivity index (χ3v) is 5.74. The highest BCUT2D eigenvalue weighted by atomic mass is 19.1. The first-order chi connectivity index (χ1) is 17.7. The fourth-order valence-corrected chi connectivity index (χ4v) is 3.82. The van der Waals surface area contributed by atoms with Gasteiger partial charge in [0, 0.05) is 25.6 Å². The minimum absolute atomic E-state index is 0.0943. The highest BCUT2D eigenvalue weighted by Gasteiger charge is 2.36. The summed E-state index contributed by atoms with van der Waals surface area (Å²) in [5.74, 6) is -0.790. The van der Waals surface area contributed by atoms with Gasteiger partial charge in [-0.05, 0) is 59.7 Å². The summed E-state index contributed by atoms with van der Waals surface area (Å²) in [7, 11) is 1.51. The molecule has 0 atom stereocenters. The van der Waals surface area contributed by atoms with E-state index < -0.39 is 17.8 Å². The second-order valence-corrected chi connectivity index (χ2v) is 8.37. The van der Waals surface area contributed by atoms with Crippen LogP contribution < -0.4 is 14.8 Å². The van der Waals surface area contributed by atoms with E-state index in [1.807, 2.05) is 17.4 Å². The second kappa shape index (κ2) is 10.9. The molecule has 0 aromatic heterocycles. The van der Waals surface area contributed by atoms with Gasteiger partial charge in [-0.2, -0.15) is 0 Å². The van der Waals surface area contributed by atoms with Crippen molar-refractivity contribution in [2.45, 2.75) is 26.6 Å². The predicted octanol–water partition coefficient (Wildman–Crippen LogP) is 3.75. The van der Waals surface area contributed by atoms with Gasteiger partial charge in [0.2, 0.25) is 5.91 Å². The quantitative estimate of drug-likeness (QED) is 0.351. The van der Waals surface area contributed by atoms with Crippen LogP contribution in [0.1, 0.15) is 23.6 Å². The Labute approximate surface area is 212 Å². The maximum absolute atomic E-state index is 13.1. The summed E-state index contributed by atoms with van der Waals surface area (Å²) in [6, 6.07) is 17.2. The van der Waals surface area contributed by atoms with Crippen molar-refractivity contribution in [3.8, 4) is 17.2 Å². The van der Waals surface area contributed by atoms with Crippen molar-refractivity contribution in [1.82, 2.24) is 15.1 Å². The average molecular weight is 506 g/mol. The number of benzene rings is 3. The zero-order valence-electron chi connectivity index (χ0n) is 20.2. The molecule has 1 aliphatic heterocycles. The van der Waals surface area contributed by atoms with E-state index in [2.05, 4.69) is 0 Å². The van der Waals surface area contributed by atoms with E-state index >= 15 is 0 Å². The second-order valence-electron chi connectivity index (χ2n) is 8.37. The van der Waals surface area contributed by atoms with Gasteiger partial charge in [-0.3, -0.25) is 24.6 Å². The van der Waals surface area contributed by atoms with Gasteiger partial charge in [-0.15, -0.1) is 0 Å². The maximum atomic E-state index is 13.1. The number of rotatable bonds is 9. The molecule has 10 heteroatoms. The molecule has 0 unspecified atom stereocenters. The summed E-state index contributed by atoms with van der Waals surface area (Å²) in [5, 5.41) is 1.97. The van der Waals surface area contributed by atoms with E-state index in [4.69, 9.17) is 9.47 Å². The summed E-state index contributed by atoms with van der Waals surface area (Å²) in [4.78, 5) is 50.2. The van der Waals surface area contributed by atoms with Crippen LogP contribution in [-0.2, 0) is 34.0 Å². The van der Waals surface area contributed by atoms with Gasteiger partial charge < -0.3 is 14.4 Å². The monoisotopic (exact) mass is 505 g/mol. The molecular formula is C27H24FN3O6. The Morgan fingerprint density at radius 3 is 2.11 bits per heavy atom. The van der Waals surface area contributed by atoms with Crippen LogP contribution in [0.15, 0.2) is 66.7 Å². The normalized spacial score (nSPS) is 12.9. The molecule has 3 aromatic rings. The topological polar surface area (TPSA) is 105 Å². The molecule has 1 N–H and O–H groups in total. The number of nitrogens with zero attached hydrogens (tertiary/aromatic N) is 2. The highest BCUT2D eigenvalue weighted by Crippen LogP contribution is 2.25.